The third kappa shape index (κ3) is 5.16. The molecule has 1 aromatic heterocycles. The minimum Gasteiger partial charge on any atom is -0.493 e. The van der Waals surface area contributed by atoms with Crippen molar-refractivity contribution in [2.24, 2.45) is 0 Å². The average molecular weight is 429 g/mol. The fourth-order valence-corrected chi connectivity index (χ4v) is 4.02. The Morgan fingerprint density at radius 3 is 2.66 bits per heavy atom. The zero-order chi connectivity index (χ0) is 20.8. The molecule has 5 nitrogen and oxygen atoms in total. The minimum absolute atomic E-state index is 0.188. The summed E-state index contributed by atoms with van der Waals surface area (Å²) in [5.74, 6) is 1.07. The van der Waals surface area contributed by atoms with E-state index in [0.29, 0.717) is 23.1 Å². The van der Waals surface area contributed by atoms with Gasteiger partial charge < -0.3 is 14.8 Å². The first-order valence-corrected chi connectivity index (χ1v) is 10.1. The van der Waals surface area contributed by atoms with Crippen molar-refractivity contribution >= 4 is 34.9 Å². The maximum Gasteiger partial charge on any atom is 0.244 e. The quantitative estimate of drug-likeness (QED) is 0.530. The van der Waals surface area contributed by atoms with E-state index in [-0.39, 0.29) is 5.91 Å². The number of amides is 1. The summed E-state index contributed by atoms with van der Waals surface area (Å²) in [4.78, 5) is 17.8. The normalized spacial score (nSPS) is 10.9. The maximum absolute atomic E-state index is 12.2. The van der Waals surface area contributed by atoms with Crippen molar-refractivity contribution in [3.8, 4) is 22.1 Å². The van der Waals surface area contributed by atoms with Crippen LogP contribution in [0.3, 0.4) is 0 Å². The molecule has 2 aromatic carbocycles. The molecule has 0 spiro atoms. The van der Waals surface area contributed by atoms with E-state index in [2.05, 4.69) is 10.3 Å². The number of carbonyl (C=O) groups is 1. The molecule has 0 unspecified atom stereocenters. The summed E-state index contributed by atoms with van der Waals surface area (Å²) < 4.78 is 10.5. The fourth-order valence-electron chi connectivity index (χ4n) is 2.70. The van der Waals surface area contributed by atoms with Crippen molar-refractivity contribution in [3.63, 3.8) is 0 Å². The molecule has 0 aliphatic carbocycles. The molecular formula is C22H21ClN2O3S. The van der Waals surface area contributed by atoms with Gasteiger partial charge in [-0.3, -0.25) is 4.79 Å². The fraction of sp³-hybridized carbons (Fsp3) is 0.182. The van der Waals surface area contributed by atoms with E-state index in [0.717, 1.165) is 26.7 Å². The van der Waals surface area contributed by atoms with E-state index in [1.807, 2.05) is 43.3 Å². The van der Waals surface area contributed by atoms with Gasteiger partial charge in [-0.2, -0.15) is 0 Å². The van der Waals surface area contributed by atoms with Crippen molar-refractivity contribution < 1.29 is 14.3 Å². The Kier molecular flexibility index (Phi) is 6.90. The van der Waals surface area contributed by atoms with Gasteiger partial charge in [0.25, 0.3) is 0 Å². The lowest BCUT2D eigenvalue weighted by atomic mass is 10.2. The zero-order valence-electron chi connectivity index (χ0n) is 16.4. The van der Waals surface area contributed by atoms with Gasteiger partial charge in [-0.1, -0.05) is 35.9 Å². The minimum atomic E-state index is -0.188. The maximum atomic E-state index is 12.2. The Bertz CT molecular complexity index is 1050. The van der Waals surface area contributed by atoms with E-state index >= 15 is 0 Å². The van der Waals surface area contributed by atoms with E-state index in [9.17, 15) is 4.79 Å². The highest BCUT2D eigenvalue weighted by atomic mass is 35.5. The summed E-state index contributed by atoms with van der Waals surface area (Å²) in [7, 11) is 3.16. The second-order valence-electron chi connectivity index (χ2n) is 6.17. The SMILES string of the molecule is COc1ccc(/C=C/C(=O)NCc2sc(-c3ccccc3Cl)nc2C)cc1OC. The topological polar surface area (TPSA) is 60.5 Å². The number of ether oxygens (including phenoxy) is 2. The van der Waals surface area contributed by atoms with Crippen LogP contribution < -0.4 is 14.8 Å². The Morgan fingerprint density at radius 1 is 1.17 bits per heavy atom. The number of nitrogens with zero attached hydrogens (tertiary/aromatic N) is 1. The molecular weight excluding hydrogens is 408 g/mol. The number of hydrogen-bond donors (Lipinski definition) is 1. The highest BCUT2D eigenvalue weighted by Crippen LogP contribution is 2.32. The molecule has 1 N–H and O–H groups in total. The van der Waals surface area contributed by atoms with Gasteiger partial charge in [0.1, 0.15) is 5.01 Å². The molecule has 0 bridgehead atoms. The van der Waals surface area contributed by atoms with Crippen LogP contribution in [0.25, 0.3) is 16.6 Å². The molecule has 29 heavy (non-hydrogen) atoms. The Morgan fingerprint density at radius 2 is 1.93 bits per heavy atom. The van der Waals surface area contributed by atoms with Crippen LogP contribution in [0.15, 0.2) is 48.5 Å². The van der Waals surface area contributed by atoms with Crippen molar-refractivity contribution in [2.75, 3.05) is 14.2 Å². The summed E-state index contributed by atoms with van der Waals surface area (Å²) in [6, 6.07) is 13.1. The second-order valence-corrected chi connectivity index (χ2v) is 7.66. The number of rotatable bonds is 7. The Balaban J connectivity index is 1.64. The molecule has 150 valence electrons. The van der Waals surface area contributed by atoms with Crippen molar-refractivity contribution in [1.29, 1.82) is 0 Å². The van der Waals surface area contributed by atoms with Crippen LogP contribution in [0.2, 0.25) is 5.02 Å². The van der Waals surface area contributed by atoms with E-state index in [4.69, 9.17) is 21.1 Å². The van der Waals surface area contributed by atoms with Crippen LogP contribution in [-0.2, 0) is 11.3 Å². The van der Waals surface area contributed by atoms with Gasteiger partial charge in [0.15, 0.2) is 11.5 Å². The van der Waals surface area contributed by atoms with Crippen LogP contribution >= 0.6 is 22.9 Å². The van der Waals surface area contributed by atoms with Crippen molar-refractivity contribution in [3.05, 3.63) is 69.7 Å². The number of aromatic nitrogens is 1. The molecule has 0 fully saturated rings. The van der Waals surface area contributed by atoms with Crippen LogP contribution in [-0.4, -0.2) is 25.1 Å². The van der Waals surface area contributed by atoms with Crippen LogP contribution in [0.5, 0.6) is 11.5 Å². The number of thiazole rings is 1. The molecule has 0 aliphatic heterocycles. The molecule has 0 saturated heterocycles. The molecule has 7 heteroatoms. The van der Waals surface area contributed by atoms with E-state index in [1.165, 1.54) is 17.4 Å². The van der Waals surface area contributed by atoms with Crippen LogP contribution in [0.1, 0.15) is 16.1 Å². The molecule has 1 heterocycles. The summed E-state index contributed by atoms with van der Waals surface area (Å²) in [5, 5.41) is 4.40. The first kappa shape index (κ1) is 20.9. The monoisotopic (exact) mass is 428 g/mol. The number of benzene rings is 2. The summed E-state index contributed by atoms with van der Waals surface area (Å²) in [5.41, 5.74) is 2.62. The number of hydrogen-bond acceptors (Lipinski definition) is 5. The summed E-state index contributed by atoms with van der Waals surface area (Å²) in [6.45, 7) is 2.33. The third-order valence-electron chi connectivity index (χ3n) is 4.25. The molecule has 1 amide bonds. The van der Waals surface area contributed by atoms with E-state index < -0.39 is 0 Å². The molecule has 3 aromatic rings. The van der Waals surface area contributed by atoms with Gasteiger partial charge in [-0.25, -0.2) is 4.98 Å². The molecule has 0 aliphatic rings. The van der Waals surface area contributed by atoms with Gasteiger partial charge >= 0.3 is 0 Å². The number of halogens is 1. The smallest absolute Gasteiger partial charge is 0.244 e. The van der Waals surface area contributed by atoms with Gasteiger partial charge in [0, 0.05) is 16.5 Å². The average Bonchev–Trinajstić information content (AvgIpc) is 3.11. The highest BCUT2D eigenvalue weighted by molar-refractivity contribution is 7.15. The van der Waals surface area contributed by atoms with Crippen LogP contribution in [0, 0.1) is 6.92 Å². The predicted octanol–water partition coefficient (Wildman–Crippen LogP) is 5.12. The number of nitrogens with one attached hydrogen (secondary N) is 1. The Hall–Kier alpha value is -2.83. The summed E-state index contributed by atoms with van der Waals surface area (Å²) in [6.07, 6.45) is 3.22. The first-order chi connectivity index (χ1) is 14.0. The highest BCUT2D eigenvalue weighted by Gasteiger charge is 2.12. The molecule has 0 atom stereocenters. The lowest BCUT2D eigenvalue weighted by Crippen LogP contribution is -2.20. The number of aryl methyl sites for hydroxylation is 1. The zero-order valence-corrected chi connectivity index (χ0v) is 17.9. The van der Waals surface area contributed by atoms with Gasteiger partial charge in [-0.15, -0.1) is 11.3 Å². The largest absolute Gasteiger partial charge is 0.493 e. The Labute approximate surface area is 179 Å². The molecule has 0 radical (unpaired) electrons. The lowest BCUT2D eigenvalue weighted by Gasteiger charge is -2.07. The lowest BCUT2D eigenvalue weighted by molar-refractivity contribution is -0.116. The predicted molar refractivity (Wildman–Crippen MR) is 118 cm³/mol. The third-order valence-corrected chi connectivity index (χ3v) is 5.78. The summed E-state index contributed by atoms with van der Waals surface area (Å²) >= 11 is 7.79. The number of carbonyl (C=O) groups excluding carboxylic acids is 1. The van der Waals surface area contributed by atoms with Crippen molar-refractivity contribution in [1.82, 2.24) is 10.3 Å². The first-order valence-electron chi connectivity index (χ1n) is 8.91. The number of methoxy groups -OCH3 is 2. The second kappa shape index (κ2) is 9.58. The van der Waals surface area contributed by atoms with Gasteiger partial charge in [-0.05, 0) is 36.8 Å². The van der Waals surface area contributed by atoms with Gasteiger partial charge in [0.05, 0.1) is 31.5 Å². The van der Waals surface area contributed by atoms with Crippen LogP contribution in [0.4, 0.5) is 0 Å². The van der Waals surface area contributed by atoms with Crippen molar-refractivity contribution in [2.45, 2.75) is 13.5 Å². The van der Waals surface area contributed by atoms with Gasteiger partial charge in [0.2, 0.25) is 5.91 Å². The molecule has 0 saturated carbocycles. The standard InChI is InChI=1S/C22H21ClN2O3S/c1-14-20(29-22(25-14)16-6-4-5-7-17(16)23)13-24-21(26)11-9-15-8-10-18(27-2)19(12-15)28-3/h4-12H,13H2,1-3H3,(H,24,26)/b11-9+. The molecule has 3 rings (SSSR count). The van der Waals surface area contributed by atoms with E-state index in [1.54, 1.807) is 26.4 Å².